The van der Waals surface area contributed by atoms with Crippen molar-refractivity contribution < 1.29 is 8.42 Å². The van der Waals surface area contributed by atoms with Crippen LogP contribution in [0.3, 0.4) is 0 Å². The van der Waals surface area contributed by atoms with Gasteiger partial charge in [-0.25, -0.2) is 8.42 Å². The highest BCUT2D eigenvalue weighted by atomic mass is 32.2. The summed E-state index contributed by atoms with van der Waals surface area (Å²) in [5.74, 6) is 0.340. The second-order valence-electron chi connectivity index (χ2n) is 6.00. The van der Waals surface area contributed by atoms with Crippen molar-refractivity contribution in [2.45, 2.75) is 17.9 Å². The Morgan fingerprint density at radius 2 is 1.61 bits per heavy atom. The number of hydrogen-bond donors (Lipinski definition) is 0. The molecule has 3 nitrogen and oxygen atoms in total. The molecule has 3 rings (SSSR count). The predicted octanol–water partition coefficient (Wildman–Crippen LogP) is 3.87. The Hall–Kier alpha value is -1.91. The van der Waals surface area contributed by atoms with Gasteiger partial charge in [-0.15, -0.1) is 6.58 Å². The molecule has 0 bridgehead atoms. The maximum Gasteiger partial charge on any atom is 0.243 e. The fourth-order valence-corrected chi connectivity index (χ4v) is 5.12. The molecule has 2 aromatic rings. The van der Waals surface area contributed by atoms with E-state index < -0.39 is 10.0 Å². The average Bonchev–Trinajstić information content (AvgIpc) is 2.94. The van der Waals surface area contributed by atoms with Crippen LogP contribution in [-0.4, -0.2) is 19.3 Å². The third-order valence-electron chi connectivity index (χ3n) is 4.67. The fourth-order valence-electron chi connectivity index (χ4n) is 3.37. The quantitative estimate of drug-likeness (QED) is 0.799. The summed E-state index contributed by atoms with van der Waals surface area (Å²) < 4.78 is 27.9. The van der Waals surface area contributed by atoms with E-state index in [2.05, 4.69) is 13.5 Å². The average molecular weight is 327 g/mol. The van der Waals surface area contributed by atoms with Crippen LogP contribution in [0.25, 0.3) is 0 Å². The van der Waals surface area contributed by atoms with Crippen LogP contribution in [0.4, 0.5) is 0 Å². The standard InChI is InChI=1S/C19H21NO2S/c1-3-16-14-20(23(21,22)18-12-8-5-9-13-18)19(15(16)2)17-10-6-4-7-11-17/h3-13,15-16,19H,1,14H2,2H3/t15-,16-,19-/m1/s1. The van der Waals surface area contributed by atoms with Crippen LogP contribution < -0.4 is 0 Å². The van der Waals surface area contributed by atoms with Crippen molar-refractivity contribution in [2.75, 3.05) is 6.54 Å². The van der Waals surface area contributed by atoms with Gasteiger partial charge in [-0.2, -0.15) is 4.31 Å². The molecular formula is C19H21NO2S. The number of nitrogens with zero attached hydrogens (tertiary/aromatic N) is 1. The molecule has 1 aliphatic rings. The Kier molecular flexibility index (Phi) is 4.37. The van der Waals surface area contributed by atoms with Crippen molar-refractivity contribution in [3.05, 3.63) is 78.9 Å². The van der Waals surface area contributed by atoms with E-state index in [-0.39, 0.29) is 17.9 Å². The molecule has 0 unspecified atom stereocenters. The summed E-state index contributed by atoms with van der Waals surface area (Å²) >= 11 is 0. The summed E-state index contributed by atoms with van der Waals surface area (Å²) in [7, 11) is -3.53. The van der Waals surface area contributed by atoms with Gasteiger partial charge in [0, 0.05) is 6.54 Å². The molecule has 2 aromatic carbocycles. The summed E-state index contributed by atoms with van der Waals surface area (Å²) in [4.78, 5) is 0.345. The smallest absolute Gasteiger partial charge is 0.207 e. The van der Waals surface area contributed by atoms with Gasteiger partial charge in [0.25, 0.3) is 0 Å². The summed E-state index contributed by atoms with van der Waals surface area (Å²) in [5.41, 5.74) is 1.03. The maximum atomic E-state index is 13.1. The summed E-state index contributed by atoms with van der Waals surface area (Å²) in [6.07, 6.45) is 1.88. The zero-order chi connectivity index (χ0) is 16.4. The minimum atomic E-state index is -3.53. The highest BCUT2D eigenvalue weighted by Gasteiger charge is 2.44. The van der Waals surface area contributed by atoms with Crippen molar-refractivity contribution in [1.29, 1.82) is 0 Å². The molecule has 0 spiro atoms. The SMILES string of the molecule is C=C[C@@H]1CN(S(=O)(=O)c2ccccc2)[C@@H](c2ccccc2)[C@@H]1C. The minimum Gasteiger partial charge on any atom is -0.207 e. The maximum absolute atomic E-state index is 13.1. The molecule has 4 heteroatoms. The van der Waals surface area contributed by atoms with Gasteiger partial charge in [0.05, 0.1) is 10.9 Å². The Morgan fingerprint density at radius 1 is 1.04 bits per heavy atom. The van der Waals surface area contributed by atoms with E-state index in [9.17, 15) is 8.42 Å². The summed E-state index contributed by atoms with van der Waals surface area (Å²) in [6.45, 7) is 6.46. The molecular weight excluding hydrogens is 306 g/mol. The van der Waals surface area contributed by atoms with Gasteiger partial charge in [-0.05, 0) is 29.5 Å². The lowest BCUT2D eigenvalue weighted by Gasteiger charge is -2.26. The van der Waals surface area contributed by atoms with Crippen molar-refractivity contribution in [1.82, 2.24) is 4.31 Å². The number of hydrogen-bond acceptors (Lipinski definition) is 2. The van der Waals surface area contributed by atoms with Gasteiger partial charge in [0.15, 0.2) is 0 Å². The third-order valence-corrected chi connectivity index (χ3v) is 6.53. The van der Waals surface area contributed by atoms with Gasteiger partial charge in [0.2, 0.25) is 10.0 Å². The Labute approximate surface area is 138 Å². The van der Waals surface area contributed by atoms with Gasteiger partial charge >= 0.3 is 0 Å². The first-order valence-electron chi connectivity index (χ1n) is 7.80. The first kappa shape index (κ1) is 16.0. The van der Waals surface area contributed by atoms with Crippen LogP contribution in [0.15, 0.2) is 78.2 Å². The molecule has 1 heterocycles. The second-order valence-corrected chi connectivity index (χ2v) is 7.89. The summed E-state index contributed by atoms with van der Waals surface area (Å²) in [6, 6.07) is 18.4. The predicted molar refractivity (Wildman–Crippen MR) is 92.4 cm³/mol. The van der Waals surface area contributed by atoms with Crippen LogP contribution in [-0.2, 0) is 10.0 Å². The van der Waals surface area contributed by atoms with E-state index >= 15 is 0 Å². The van der Waals surface area contributed by atoms with Gasteiger partial charge in [-0.3, -0.25) is 0 Å². The van der Waals surface area contributed by atoms with E-state index in [1.165, 1.54) is 0 Å². The first-order chi connectivity index (χ1) is 11.1. The molecule has 1 aliphatic heterocycles. The highest BCUT2D eigenvalue weighted by molar-refractivity contribution is 7.89. The molecule has 23 heavy (non-hydrogen) atoms. The van der Waals surface area contributed by atoms with E-state index in [4.69, 9.17) is 0 Å². The van der Waals surface area contributed by atoms with Crippen LogP contribution >= 0.6 is 0 Å². The van der Waals surface area contributed by atoms with E-state index in [0.717, 1.165) is 5.56 Å². The van der Waals surface area contributed by atoms with Crippen molar-refractivity contribution in [3.63, 3.8) is 0 Å². The van der Waals surface area contributed by atoms with Crippen molar-refractivity contribution in [3.8, 4) is 0 Å². The monoisotopic (exact) mass is 327 g/mol. The number of sulfonamides is 1. The highest BCUT2D eigenvalue weighted by Crippen LogP contribution is 2.43. The Balaban J connectivity index is 2.07. The van der Waals surface area contributed by atoms with Gasteiger partial charge in [-0.1, -0.05) is 61.5 Å². The molecule has 0 N–H and O–H groups in total. The number of benzene rings is 2. The normalized spacial score (nSPS) is 25.3. The summed E-state index contributed by atoms with van der Waals surface area (Å²) in [5, 5.41) is 0. The molecule has 120 valence electrons. The second kappa shape index (κ2) is 6.30. The molecule has 0 saturated carbocycles. The van der Waals surface area contributed by atoms with Crippen molar-refractivity contribution >= 4 is 10.0 Å². The molecule has 0 aliphatic carbocycles. The first-order valence-corrected chi connectivity index (χ1v) is 9.24. The Morgan fingerprint density at radius 3 is 2.17 bits per heavy atom. The topological polar surface area (TPSA) is 37.4 Å². The molecule has 3 atom stereocenters. The number of rotatable bonds is 4. The molecule has 1 fully saturated rings. The van der Waals surface area contributed by atoms with E-state index in [1.807, 2.05) is 42.5 Å². The largest absolute Gasteiger partial charge is 0.243 e. The van der Waals surface area contributed by atoms with E-state index in [0.29, 0.717) is 11.4 Å². The lowest BCUT2D eigenvalue weighted by molar-refractivity contribution is 0.354. The van der Waals surface area contributed by atoms with Crippen LogP contribution in [0.2, 0.25) is 0 Å². The zero-order valence-electron chi connectivity index (χ0n) is 13.2. The lowest BCUT2D eigenvalue weighted by atomic mass is 9.89. The van der Waals surface area contributed by atoms with E-state index in [1.54, 1.807) is 28.6 Å². The van der Waals surface area contributed by atoms with Gasteiger partial charge in [0.1, 0.15) is 0 Å². The molecule has 0 amide bonds. The van der Waals surface area contributed by atoms with Gasteiger partial charge < -0.3 is 0 Å². The van der Waals surface area contributed by atoms with Crippen LogP contribution in [0.5, 0.6) is 0 Å². The molecule has 1 saturated heterocycles. The zero-order valence-corrected chi connectivity index (χ0v) is 14.0. The van der Waals surface area contributed by atoms with Crippen LogP contribution in [0, 0.1) is 11.8 Å². The Bertz CT molecular complexity index is 772. The minimum absolute atomic E-state index is 0.152. The fraction of sp³-hybridized carbons (Fsp3) is 0.263. The third kappa shape index (κ3) is 2.84. The molecule has 0 radical (unpaired) electrons. The lowest BCUT2D eigenvalue weighted by Crippen LogP contribution is -2.32. The molecule has 0 aromatic heterocycles. The van der Waals surface area contributed by atoms with Crippen molar-refractivity contribution in [2.24, 2.45) is 11.8 Å². The van der Waals surface area contributed by atoms with Crippen LogP contribution in [0.1, 0.15) is 18.5 Å².